The molecule has 1 amide bonds. The van der Waals surface area contributed by atoms with Crippen molar-refractivity contribution in [3.63, 3.8) is 0 Å². The van der Waals surface area contributed by atoms with Crippen LogP contribution in [0.2, 0.25) is 0 Å². The lowest BCUT2D eigenvalue weighted by Gasteiger charge is -2.21. The minimum atomic E-state index is -0.378. The lowest BCUT2D eigenvalue weighted by molar-refractivity contribution is -0.124. The molecular formula is C18H24N4O. The number of aryl methyl sites for hydroxylation is 2. The maximum absolute atomic E-state index is 12.8. The Labute approximate surface area is 137 Å². The highest BCUT2D eigenvalue weighted by Gasteiger charge is 2.66. The Morgan fingerprint density at radius 1 is 1.22 bits per heavy atom. The van der Waals surface area contributed by atoms with E-state index in [0.29, 0.717) is 6.54 Å². The molecule has 1 atom stereocenters. The van der Waals surface area contributed by atoms with E-state index in [4.69, 9.17) is 0 Å². The van der Waals surface area contributed by atoms with Gasteiger partial charge in [0.05, 0.1) is 5.41 Å². The molecule has 3 rings (SSSR count). The summed E-state index contributed by atoms with van der Waals surface area (Å²) in [4.78, 5) is 12.8. The number of amides is 1. The third-order valence-corrected chi connectivity index (χ3v) is 5.01. The van der Waals surface area contributed by atoms with Crippen LogP contribution in [0.25, 0.3) is 0 Å². The first-order chi connectivity index (χ1) is 11.0. The Morgan fingerprint density at radius 2 is 1.83 bits per heavy atom. The van der Waals surface area contributed by atoms with Gasteiger partial charge in [0.25, 0.3) is 0 Å². The second kappa shape index (κ2) is 5.80. The molecule has 0 bridgehead atoms. The van der Waals surface area contributed by atoms with Crippen LogP contribution in [0.5, 0.6) is 0 Å². The van der Waals surface area contributed by atoms with Gasteiger partial charge in [-0.1, -0.05) is 43.7 Å². The van der Waals surface area contributed by atoms with Crippen LogP contribution >= 0.6 is 0 Å². The van der Waals surface area contributed by atoms with E-state index in [2.05, 4.69) is 60.6 Å². The molecule has 5 heteroatoms. The Bertz CT molecular complexity index is 676. The maximum Gasteiger partial charge on any atom is 0.231 e. The smallest absolute Gasteiger partial charge is 0.231 e. The molecule has 1 heterocycles. The number of nitrogens with zero attached hydrogens (tertiary/aromatic N) is 3. The molecule has 1 aromatic carbocycles. The Hall–Kier alpha value is -2.17. The lowest BCUT2D eigenvalue weighted by atomic mass is 9.86. The van der Waals surface area contributed by atoms with E-state index in [0.717, 1.165) is 24.9 Å². The second-order valence-corrected chi connectivity index (χ2v) is 7.14. The van der Waals surface area contributed by atoms with Gasteiger partial charge in [-0.15, -0.1) is 10.2 Å². The van der Waals surface area contributed by atoms with Crippen LogP contribution in [0, 0.1) is 12.3 Å². The van der Waals surface area contributed by atoms with Crippen LogP contribution in [0.3, 0.4) is 0 Å². The normalized spacial score (nSPS) is 21.9. The number of hydrogen-bond acceptors (Lipinski definition) is 3. The molecule has 5 nitrogen and oxygen atoms in total. The molecule has 1 aromatic heterocycles. The maximum atomic E-state index is 12.8. The number of hydrogen-bond donors (Lipinski definition) is 1. The predicted octanol–water partition coefficient (Wildman–Crippen LogP) is 2.46. The summed E-state index contributed by atoms with van der Waals surface area (Å²) in [6.07, 6.45) is 5.16. The van der Waals surface area contributed by atoms with Gasteiger partial charge in [0.2, 0.25) is 5.91 Å². The van der Waals surface area contributed by atoms with Gasteiger partial charge >= 0.3 is 0 Å². The predicted molar refractivity (Wildman–Crippen MR) is 88.9 cm³/mol. The van der Waals surface area contributed by atoms with Crippen molar-refractivity contribution in [2.45, 2.75) is 45.6 Å². The van der Waals surface area contributed by atoms with Gasteiger partial charge in [-0.2, -0.15) is 0 Å². The highest BCUT2D eigenvalue weighted by molar-refractivity contribution is 5.93. The highest BCUT2D eigenvalue weighted by atomic mass is 16.2. The van der Waals surface area contributed by atoms with Crippen LogP contribution in [0.1, 0.15) is 37.8 Å². The van der Waals surface area contributed by atoms with Gasteiger partial charge in [-0.05, 0) is 30.7 Å². The summed E-state index contributed by atoms with van der Waals surface area (Å²) < 4.78 is 1.92. The molecule has 1 unspecified atom stereocenters. The fraction of sp³-hybridized carbons (Fsp3) is 0.500. The third kappa shape index (κ3) is 2.87. The van der Waals surface area contributed by atoms with Crippen molar-refractivity contribution in [3.8, 4) is 0 Å². The van der Waals surface area contributed by atoms with Crippen LogP contribution < -0.4 is 5.32 Å². The first kappa shape index (κ1) is 15.7. The molecule has 0 radical (unpaired) electrons. The fourth-order valence-electron chi connectivity index (χ4n) is 3.42. The van der Waals surface area contributed by atoms with Crippen LogP contribution in [0.4, 0.5) is 0 Å². The van der Waals surface area contributed by atoms with Gasteiger partial charge in [0, 0.05) is 13.1 Å². The van der Waals surface area contributed by atoms with E-state index in [1.165, 1.54) is 5.56 Å². The summed E-state index contributed by atoms with van der Waals surface area (Å²) in [5, 5.41) is 10.7. The van der Waals surface area contributed by atoms with E-state index in [9.17, 15) is 4.79 Å². The van der Waals surface area contributed by atoms with Crippen molar-refractivity contribution < 1.29 is 4.79 Å². The Morgan fingerprint density at radius 3 is 2.39 bits per heavy atom. The summed E-state index contributed by atoms with van der Waals surface area (Å²) in [5.74, 6) is 0.148. The van der Waals surface area contributed by atoms with Gasteiger partial charge in [-0.3, -0.25) is 4.79 Å². The van der Waals surface area contributed by atoms with E-state index < -0.39 is 0 Å². The average Bonchev–Trinajstić information content (AvgIpc) is 2.88. The largest absolute Gasteiger partial charge is 0.355 e. The number of benzene rings is 1. The number of carbonyl (C=O) groups excluding carboxylic acids is 1. The number of aromatic nitrogens is 3. The number of carbonyl (C=O) groups is 1. The minimum Gasteiger partial charge on any atom is -0.355 e. The molecule has 2 aromatic rings. The van der Waals surface area contributed by atoms with Crippen molar-refractivity contribution in [1.82, 2.24) is 20.1 Å². The topological polar surface area (TPSA) is 59.8 Å². The molecule has 1 aliphatic carbocycles. The van der Waals surface area contributed by atoms with Crippen LogP contribution in [-0.2, 0) is 16.8 Å². The van der Waals surface area contributed by atoms with E-state index in [-0.39, 0.29) is 16.7 Å². The average molecular weight is 312 g/mol. The van der Waals surface area contributed by atoms with Gasteiger partial charge in [0.1, 0.15) is 12.7 Å². The first-order valence-corrected chi connectivity index (χ1v) is 8.14. The standard InChI is InChI=1S/C18H24N4O/c1-14-5-7-15(8-6-14)18(11-17(18,2)3)16(23)19-9-4-10-22-12-20-21-13-22/h5-8,12-13H,4,9-11H2,1-3H3,(H,19,23). The molecule has 1 aliphatic rings. The summed E-state index contributed by atoms with van der Waals surface area (Å²) in [5.41, 5.74) is 1.99. The summed E-state index contributed by atoms with van der Waals surface area (Å²) in [6, 6.07) is 8.37. The van der Waals surface area contributed by atoms with Crippen molar-refractivity contribution in [1.29, 1.82) is 0 Å². The zero-order valence-corrected chi connectivity index (χ0v) is 14.0. The van der Waals surface area contributed by atoms with E-state index >= 15 is 0 Å². The van der Waals surface area contributed by atoms with Gasteiger partial charge in [-0.25, -0.2) is 0 Å². The van der Waals surface area contributed by atoms with E-state index in [1.807, 2.05) is 4.57 Å². The molecule has 23 heavy (non-hydrogen) atoms. The van der Waals surface area contributed by atoms with E-state index in [1.54, 1.807) is 12.7 Å². The zero-order chi connectivity index (χ0) is 16.5. The summed E-state index contributed by atoms with van der Waals surface area (Å²) in [6.45, 7) is 7.89. The van der Waals surface area contributed by atoms with Gasteiger partial charge < -0.3 is 9.88 Å². The first-order valence-electron chi connectivity index (χ1n) is 8.14. The SMILES string of the molecule is Cc1ccc(C2(C(=O)NCCCn3cnnc3)CC2(C)C)cc1. The molecule has 1 saturated carbocycles. The summed E-state index contributed by atoms with van der Waals surface area (Å²) in [7, 11) is 0. The fourth-order valence-corrected chi connectivity index (χ4v) is 3.42. The molecule has 0 saturated heterocycles. The van der Waals surface area contributed by atoms with Crippen molar-refractivity contribution in [3.05, 3.63) is 48.0 Å². The number of rotatable bonds is 6. The molecule has 0 spiro atoms. The molecule has 1 N–H and O–H groups in total. The zero-order valence-electron chi connectivity index (χ0n) is 14.0. The summed E-state index contributed by atoms with van der Waals surface area (Å²) >= 11 is 0. The van der Waals surface area contributed by atoms with Crippen molar-refractivity contribution in [2.24, 2.45) is 5.41 Å². The van der Waals surface area contributed by atoms with Crippen molar-refractivity contribution >= 4 is 5.91 Å². The monoisotopic (exact) mass is 312 g/mol. The third-order valence-electron chi connectivity index (χ3n) is 5.01. The Kier molecular flexibility index (Phi) is 3.96. The Balaban J connectivity index is 1.62. The molecular weight excluding hydrogens is 288 g/mol. The van der Waals surface area contributed by atoms with Crippen LogP contribution in [0.15, 0.2) is 36.9 Å². The van der Waals surface area contributed by atoms with Crippen LogP contribution in [-0.4, -0.2) is 27.2 Å². The minimum absolute atomic E-state index is 0.0145. The van der Waals surface area contributed by atoms with Crippen molar-refractivity contribution in [2.75, 3.05) is 6.54 Å². The molecule has 122 valence electrons. The molecule has 0 aliphatic heterocycles. The lowest BCUT2D eigenvalue weighted by Crippen LogP contribution is -2.38. The highest BCUT2D eigenvalue weighted by Crippen LogP contribution is 2.64. The molecule has 1 fully saturated rings. The second-order valence-electron chi connectivity index (χ2n) is 7.14. The van der Waals surface area contributed by atoms with Gasteiger partial charge in [0.15, 0.2) is 0 Å². The quantitative estimate of drug-likeness (QED) is 0.834. The number of nitrogens with one attached hydrogen (secondary N) is 1.